The van der Waals surface area contributed by atoms with E-state index in [1.54, 1.807) is 6.07 Å². The summed E-state index contributed by atoms with van der Waals surface area (Å²) in [6.07, 6.45) is 0. The number of nitrogens with one attached hydrogen (secondary N) is 1. The van der Waals surface area contributed by atoms with E-state index in [-0.39, 0.29) is 11.5 Å². The summed E-state index contributed by atoms with van der Waals surface area (Å²) in [5.41, 5.74) is 1.42. The number of nitrogens with zero attached hydrogens (tertiary/aromatic N) is 5. The van der Waals surface area contributed by atoms with Crippen LogP contribution in [0.25, 0.3) is 0 Å². The molecule has 0 unspecified atom stereocenters. The Morgan fingerprint density at radius 2 is 1.59 bits per heavy atom. The molecular weight excluding hydrogens is 452 g/mol. The number of benzene rings is 1. The molecule has 2 saturated heterocycles. The molecule has 0 radical (unpaired) electrons. The minimum absolute atomic E-state index is 0.0729. The maximum Gasteiger partial charge on any atom is 0.252 e. The summed E-state index contributed by atoms with van der Waals surface area (Å²) in [6.45, 7) is 11.7. The van der Waals surface area contributed by atoms with E-state index in [9.17, 15) is 9.59 Å². The van der Waals surface area contributed by atoms with Gasteiger partial charge in [0.1, 0.15) is 0 Å². The van der Waals surface area contributed by atoms with Gasteiger partial charge in [0.2, 0.25) is 11.9 Å². The number of carbonyl (C=O) groups excluding carboxylic acids is 1. The summed E-state index contributed by atoms with van der Waals surface area (Å²) in [4.78, 5) is 41.4. The third-order valence-corrected chi connectivity index (χ3v) is 7.33. The highest BCUT2D eigenvalue weighted by Gasteiger charge is 2.33. The number of amides is 1. The fraction of sp³-hybridized carbons (Fsp3) is 0.560. The molecule has 1 aromatic heterocycles. The Labute approximate surface area is 206 Å². The largest absolute Gasteiger partial charge is 0.339 e. The highest BCUT2D eigenvalue weighted by molar-refractivity contribution is 6.19. The Kier molecular flexibility index (Phi) is 7.91. The number of hydrogen-bond acceptors (Lipinski definition) is 6. The second kappa shape index (κ2) is 10.9. The minimum atomic E-state index is -0.568. The molecule has 2 fully saturated rings. The van der Waals surface area contributed by atoms with Crippen molar-refractivity contribution >= 4 is 23.5 Å². The van der Waals surface area contributed by atoms with Crippen LogP contribution in [0.1, 0.15) is 25.1 Å². The van der Waals surface area contributed by atoms with E-state index in [4.69, 9.17) is 16.6 Å². The molecule has 8 nitrogen and oxygen atoms in total. The summed E-state index contributed by atoms with van der Waals surface area (Å²) in [6, 6.07) is 12.2. The number of piperazine rings is 2. The number of anilines is 1. The van der Waals surface area contributed by atoms with Gasteiger partial charge in [0.25, 0.3) is 5.56 Å². The van der Waals surface area contributed by atoms with Crippen LogP contribution in [-0.2, 0) is 17.9 Å². The van der Waals surface area contributed by atoms with Gasteiger partial charge in [-0.2, -0.15) is 0 Å². The number of alkyl halides is 1. The zero-order valence-corrected chi connectivity index (χ0v) is 20.9. The molecule has 0 bridgehead atoms. The summed E-state index contributed by atoms with van der Waals surface area (Å²) >= 11 is 5.98. The molecule has 1 N–H and O–H groups in total. The highest BCUT2D eigenvalue weighted by Crippen LogP contribution is 2.22. The van der Waals surface area contributed by atoms with Crippen molar-refractivity contribution in [1.29, 1.82) is 0 Å². The normalized spacial score (nSPS) is 18.3. The van der Waals surface area contributed by atoms with Crippen molar-refractivity contribution in [2.75, 3.05) is 63.1 Å². The van der Waals surface area contributed by atoms with Gasteiger partial charge < -0.3 is 9.80 Å². The van der Waals surface area contributed by atoms with E-state index >= 15 is 0 Å². The average molecular weight is 487 g/mol. The van der Waals surface area contributed by atoms with Crippen LogP contribution in [0.4, 0.5) is 5.95 Å². The van der Waals surface area contributed by atoms with Crippen LogP contribution in [0.2, 0.25) is 0 Å². The maximum absolute atomic E-state index is 12.7. The Balaban J connectivity index is 1.31. The van der Waals surface area contributed by atoms with E-state index in [0.717, 1.165) is 38.4 Å². The predicted octanol–water partition coefficient (Wildman–Crippen LogP) is 2.00. The van der Waals surface area contributed by atoms with E-state index < -0.39 is 5.41 Å². The van der Waals surface area contributed by atoms with Crippen LogP contribution < -0.4 is 10.5 Å². The van der Waals surface area contributed by atoms with Gasteiger partial charge >= 0.3 is 0 Å². The molecular formula is C25H35ClN6O2. The SMILES string of the molecule is CC(C)(CCl)C(=O)N1CCN(c2nc(CN3CCN(Cc4ccccc4)CC3)cc(=O)[nH]2)CC1. The first-order valence-electron chi connectivity index (χ1n) is 12.0. The lowest BCUT2D eigenvalue weighted by atomic mass is 9.94. The number of aromatic nitrogens is 2. The van der Waals surface area contributed by atoms with E-state index in [2.05, 4.69) is 43.9 Å². The molecule has 9 heteroatoms. The molecule has 0 saturated carbocycles. The van der Waals surface area contributed by atoms with E-state index in [1.165, 1.54) is 5.56 Å². The minimum Gasteiger partial charge on any atom is -0.339 e. The summed E-state index contributed by atoms with van der Waals surface area (Å²) < 4.78 is 0. The van der Waals surface area contributed by atoms with Crippen molar-refractivity contribution in [3.8, 4) is 0 Å². The topological polar surface area (TPSA) is 75.8 Å². The number of H-pyrrole nitrogens is 1. The molecule has 0 spiro atoms. The van der Waals surface area contributed by atoms with E-state index in [0.29, 0.717) is 44.6 Å². The summed E-state index contributed by atoms with van der Waals surface area (Å²) in [5, 5.41) is 0. The fourth-order valence-electron chi connectivity index (χ4n) is 4.51. The van der Waals surface area contributed by atoms with Gasteiger partial charge in [0.05, 0.1) is 11.1 Å². The van der Waals surface area contributed by atoms with Gasteiger partial charge in [-0.3, -0.25) is 24.4 Å². The fourth-order valence-corrected chi connectivity index (χ4v) is 4.62. The predicted molar refractivity (Wildman–Crippen MR) is 135 cm³/mol. The van der Waals surface area contributed by atoms with Crippen molar-refractivity contribution < 1.29 is 4.79 Å². The second-order valence-corrected chi connectivity index (χ2v) is 10.2. The molecule has 3 heterocycles. The second-order valence-electron chi connectivity index (χ2n) is 9.89. The first kappa shape index (κ1) is 24.7. The first-order valence-corrected chi connectivity index (χ1v) is 12.6. The molecule has 2 aliphatic heterocycles. The number of carbonyl (C=O) groups is 1. The number of halogens is 1. The number of hydrogen-bond donors (Lipinski definition) is 1. The Morgan fingerprint density at radius 3 is 2.21 bits per heavy atom. The van der Waals surface area contributed by atoms with Crippen LogP contribution in [0.15, 0.2) is 41.2 Å². The molecule has 0 aliphatic carbocycles. The molecule has 184 valence electrons. The van der Waals surface area contributed by atoms with Crippen molar-refractivity contribution in [2.24, 2.45) is 5.41 Å². The van der Waals surface area contributed by atoms with Crippen LogP contribution in [0.5, 0.6) is 0 Å². The van der Waals surface area contributed by atoms with Crippen LogP contribution in [0.3, 0.4) is 0 Å². The molecule has 0 atom stereocenters. The van der Waals surface area contributed by atoms with Crippen molar-refractivity contribution in [1.82, 2.24) is 24.7 Å². The van der Waals surface area contributed by atoms with Gasteiger partial charge in [-0.05, 0) is 19.4 Å². The average Bonchev–Trinajstić information content (AvgIpc) is 2.85. The number of rotatable bonds is 7. The zero-order valence-electron chi connectivity index (χ0n) is 20.2. The van der Waals surface area contributed by atoms with Crippen molar-refractivity contribution in [2.45, 2.75) is 26.9 Å². The molecule has 2 aliphatic rings. The summed E-state index contributed by atoms with van der Waals surface area (Å²) in [7, 11) is 0. The zero-order chi connectivity index (χ0) is 24.1. The third kappa shape index (κ3) is 6.17. The third-order valence-electron chi connectivity index (χ3n) is 6.66. The summed E-state index contributed by atoms with van der Waals surface area (Å²) in [5.74, 6) is 0.960. The molecule has 1 aromatic carbocycles. The molecule has 2 aromatic rings. The quantitative estimate of drug-likeness (QED) is 0.603. The lowest BCUT2D eigenvalue weighted by Crippen LogP contribution is -2.53. The smallest absolute Gasteiger partial charge is 0.252 e. The van der Waals surface area contributed by atoms with Gasteiger partial charge in [-0.15, -0.1) is 11.6 Å². The molecule has 1 amide bonds. The Hall–Kier alpha value is -2.42. The first-order chi connectivity index (χ1) is 16.3. The Morgan fingerprint density at radius 1 is 0.971 bits per heavy atom. The molecule has 4 rings (SSSR count). The van der Waals surface area contributed by atoms with Gasteiger partial charge in [0, 0.05) is 77.4 Å². The Bertz CT molecular complexity index is 1010. The highest BCUT2D eigenvalue weighted by atomic mass is 35.5. The van der Waals surface area contributed by atoms with Gasteiger partial charge in [-0.25, -0.2) is 4.98 Å². The van der Waals surface area contributed by atoms with E-state index in [1.807, 2.05) is 24.8 Å². The maximum atomic E-state index is 12.7. The van der Waals surface area contributed by atoms with Gasteiger partial charge in [0.15, 0.2) is 0 Å². The lowest BCUT2D eigenvalue weighted by Gasteiger charge is -2.38. The van der Waals surface area contributed by atoms with Gasteiger partial charge in [-0.1, -0.05) is 30.3 Å². The lowest BCUT2D eigenvalue weighted by molar-refractivity contribution is -0.139. The van der Waals surface area contributed by atoms with Crippen molar-refractivity contribution in [3.05, 3.63) is 58.0 Å². The van der Waals surface area contributed by atoms with Crippen LogP contribution >= 0.6 is 11.6 Å². The monoisotopic (exact) mass is 486 g/mol. The standard InChI is InChI=1S/C25H35ClN6O2/c1-25(2,19-26)23(34)31-12-14-32(15-13-31)24-27-21(16-22(33)28-24)18-30-10-8-29(9-11-30)17-20-6-4-3-5-7-20/h3-7,16H,8-15,17-19H2,1-2H3,(H,27,28,33). The number of aromatic amines is 1. The van der Waals surface area contributed by atoms with Crippen LogP contribution in [-0.4, -0.2) is 88.8 Å². The molecule has 34 heavy (non-hydrogen) atoms. The van der Waals surface area contributed by atoms with Crippen molar-refractivity contribution in [3.63, 3.8) is 0 Å². The van der Waals surface area contributed by atoms with Crippen LogP contribution in [0, 0.1) is 5.41 Å².